The zero-order chi connectivity index (χ0) is 12.1. The van der Waals surface area contributed by atoms with E-state index in [1.54, 1.807) is 19.1 Å². The summed E-state index contributed by atoms with van der Waals surface area (Å²) in [5.74, 6) is -0.936. The van der Waals surface area contributed by atoms with E-state index >= 15 is 0 Å². The van der Waals surface area contributed by atoms with Crippen LogP contribution in [-0.4, -0.2) is 22.5 Å². The van der Waals surface area contributed by atoms with E-state index in [1.165, 1.54) is 12.1 Å². The Morgan fingerprint density at radius 3 is 2.50 bits per heavy atom. The summed E-state index contributed by atoms with van der Waals surface area (Å²) in [6.45, 7) is 1.66. The molecule has 1 aromatic carbocycles. The molecular weight excluding hydrogens is 212 g/mol. The van der Waals surface area contributed by atoms with Crippen LogP contribution in [0.25, 0.3) is 0 Å². The molecule has 1 atom stereocenters. The second-order valence-corrected chi connectivity index (χ2v) is 3.34. The minimum Gasteiger partial charge on any atom is -0.480 e. The summed E-state index contributed by atoms with van der Waals surface area (Å²) < 4.78 is 0. The van der Waals surface area contributed by atoms with E-state index in [-0.39, 0.29) is 18.3 Å². The molecule has 0 aliphatic rings. The van der Waals surface area contributed by atoms with Crippen molar-refractivity contribution in [3.63, 3.8) is 0 Å². The predicted molar refractivity (Wildman–Crippen MR) is 57.1 cm³/mol. The largest absolute Gasteiger partial charge is 0.480 e. The van der Waals surface area contributed by atoms with Gasteiger partial charge in [-0.1, -0.05) is 12.1 Å². The van der Waals surface area contributed by atoms with Crippen LogP contribution in [0.5, 0.6) is 0 Å². The van der Waals surface area contributed by atoms with Crippen LogP contribution >= 0.6 is 0 Å². The van der Waals surface area contributed by atoms with Crippen molar-refractivity contribution < 1.29 is 14.8 Å². The molecule has 86 valence electrons. The van der Waals surface area contributed by atoms with E-state index in [1.807, 2.05) is 0 Å². The van der Waals surface area contributed by atoms with Gasteiger partial charge in [-0.25, -0.2) is 0 Å². The third-order valence-corrected chi connectivity index (χ3v) is 2.16. The van der Waals surface area contributed by atoms with Gasteiger partial charge in [0.15, 0.2) is 0 Å². The van der Waals surface area contributed by atoms with Gasteiger partial charge in [0, 0.05) is 18.2 Å². The van der Waals surface area contributed by atoms with Gasteiger partial charge in [0.1, 0.15) is 0 Å². The lowest BCUT2D eigenvalue weighted by atomic mass is 10.1. The van der Waals surface area contributed by atoms with Crippen LogP contribution in [0.4, 0.5) is 5.69 Å². The second-order valence-electron chi connectivity index (χ2n) is 3.34. The third kappa shape index (κ3) is 3.32. The fourth-order valence-corrected chi connectivity index (χ4v) is 1.24. The highest BCUT2D eigenvalue weighted by Gasteiger charge is 2.09. The summed E-state index contributed by atoms with van der Waals surface area (Å²) >= 11 is 0. The minimum absolute atomic E-state index is 0.0224. The molecule has 0 aromatic heterocycles. The molecule has 6 nitrogen and oxygen atoms in total. The Bertz CT molecular complexity index is 388. The average Bonchev–Trinajstić information content (AvgIpc) is 2.26. The first-order valence-electron chi connectivity index (χ1n) is 4.70. The van der Waals surface area contributed by atoms with Crippen LogP contribution in [-0.2, 0) is 4.79 Å². The van der Waals surface area contributed by atoms with Crippen LogP contribution in [0, 0.1) is 10.1 Å². The van der Waals surface area contributed by atoms with Gasteiger partial charge in [0.05, 0.1) is 11.5 Å². The maximum Gasteiger partial charge on any atom is 0.317 e. The number of carboxylic acid groups (broad SMARTS) is 1. The van der Waals surface area contributed by atoms with E-state index in [2.05, 4.69) is 5.32 Å². The summed E-state index contributed by atoms with van der Waals surface area (Å²) in [4.78, 5) is 20.3. The first-order valence-corrected chi connectivity index (χ1v) is 4.70. The van der Waals surface area contributed by atoms with Gasteiger partial charge in [-0.2, -0.15) is 0 Å². The molecule has 6 heteroatoms. The molecule has 1 rings (SSSR count). The molecule has 0 heterocycles. The Morgan fingerprint density at radius 2 is 2.06 bits per heavy atom. The quantitative estimate of drug-likeness (QED) is 0.581. The van der Waals surface area contributed by atoms with E-state index in [9.17, 15) is 14.9 Å². The molecule has 0 aliphatic heterocycles. The standard InChI is InChI=1S/C10H12N2O4/c1-7(11-6-10(13)14)8-2-4-9(5-3-8)12(15)16/h2-5,7,11H,6H2,1H3,(H,13,14). The zero-order valence-electron chi connectivity index (χ0n) is 8.71. The number of hydrogen-bond acceptors (Lipinski definition) is 4. The van der Waals surface area contributed by atoms with E-state index in [4.69, 9.17) is 5.11 Å². The predicted octanol–water partition coefficient (Wildman–Crippen LogP) is 1.33. The lowest BCUT2D eigenvalue weighted by molar-refractivity contribution is -0.384. The van der Waals surface area contributed by atoms with Crippen molar-refractivity contribution >= 4 is 11.7 Å². The molecule has 1 aromatic rings. The lowest BCUT2D eigenvalue weighted by Crippen LogP contribution is -2.25. The monoisotopic (exact) mass is 224 g/mol. The fourth-order valence-electron chi connectivity index (χ4n) is 1.24. The number of rotatable bonds is 5. The number of nitrogens with zero attached hydrogens (tertiary/aromatic N) is 1. The van der Waals surface area contributed by atoms with Gasteiger partial charge in [0.2, 0.25) is 0 Å². The molecule has 0 bridgehead atoms. The maximum absolute atomic E-state index is 10.4. The number of nitro benzene ring substituents is 1. The molecule has 0 saturated heterocycles. The third-order valence-electron chi connectivity index (χ3n) is 2.16. The first-order chi connectivity index (χ1) is 7.50. The first kappa shape index (κ1) is 12.1. The van der Waals surface area contributed by atoms with Crippen molar-refractivity contribution in [3.05, 3.63) is 39.9 Å². The number of hydrogen-bond donors (Lipinski definition) is 2. The van der Waals surface area contributed by atoms with Crippen LogP contribution in [0.3, 0.4) is 0 Å². The molecule has 1 unspecified atom stereocenters. The van der Waals surface area contributed by atoms with Crippen molar-refractivity contribution in [1.82, 2.24) is 5.32 Å². The van der Waals surface area contributed by atoms with Gasteiger partial charge in [0.25, 0.3) is 5.69 Å². The lowest BCUT2D eigenvalue weighted by Gasteiger charge is -2.11. The SMILES string of the molecule is CC(NCC(=O)O)c1ccc([N+](=O)[O-])cc1. The molecule has 16 heavy (non-hydrogen) atoms. The Hall–Kier alpha value is -1.95. The molecule has 0 spiro atoms. The number of nitrogens with one attached hydrogen (secondary N) is 1. The van der Waals surface area contributed by atoms with Gasteiger partial charge in [-0.05, 0) is 12.5 Å². The maximum atomic E-state index is 10.4. The summed E-state index contributed by atoms with van der Waals surface area (Å²) in [6, 6.07) is 5.86. The Labute approximate surface area is 92.0 Å². The number of carbonyl (C=O) groups is 1. The molecule has 2 N–H and O–H groups in total. The fraction of sp³-hybridized carbons (Fsp3) is 0.300. The summed E-state index contributed by atoms with van der Waals surface area (Å²) in [5.41, 5.74) is 0.834. The van der Waals surface area contributed by atoms with Crippen molar-refractivity contribution in [2.24, 2.45) is 0 Å². The number of aliphatic carboxylic acids is 1. The van der Waals surface area contributed by atoms with Crippen LogP contribution in [0.2, 0.25) is 0 Å². The minimum atomic E-state index is -0.936. The molecule has 0 aliphatic carbocycles. The van der Waals surface area contributed by atoms with Crippen molar-refractivity contribution in [1.29, 1.82) is 0 Å². The number of nitro groups is 1. The van der Waals surface area contributed by atoms with Crippen molar-refractivity contribution in [2.45, 2.75) is 13.0 Å². The van der Waals surface area contributed by atoms with E-state index in [0.717, 1.165) is 5.56 Å². The van der Waals surface area contributed by atoms with Crippen molar-refractivity contribution in [2.75, 3.05) is 6.54 Å². The zero-order valence-corrected chi connectivity index (χ0v) is 8.71. The highest BCUT2D eigenvalue weighted by Crippen LogP contribution is 2.17. The van der Waals surface area contributed by atoms with Gasteiger partial charge in [-0.15, -0.1) is 0 Å². The summed E-state index contributed by atoms with van der Waals surface area (Å²) in [5, 5.41) is 21.7. The second kappa shape index (κ2) is 5.22. The van der Waals surface area contributed by atoms with Gasteiger partial charge >= 0.3 is 5.97 Å². The van der Waals surface area contributed by atoms with Crippen molar-refractivity contribution in [3.8, 4) is 0 Å². The molecule has 0 amide bonds. The normalized spacial score (nSPS) is 12.1. The van der Waals surface area contributed by atoms with Gasteiger partial charge < -0.3 is 10.4 Å². The summed E-state index contributed by atoms with van der Waals surface area (Å²) in [7, 11) is 0. The van der Waals surface area contributed by atoms with Crippen LogP contribution < -0.4 is 5.32 Å². The highest BCUT2D eigenvalue weighted by atomic mass is 16.6. The van der Waals surface area contributed by atoms with E-state index < -0.39 is 10.9 Å². The highest BCUT2D eigenvalue weighted by molar-refractivity contribution is 5.69. The average molecular weight is 224 g/mol. The van der Waals surface area contributed by atoms with Crippen LogP contribution in [0.15, 0.2) is 24.3 Å². The number of non-ortho nitro benzene ring substituents is 1. The molecule has 0 radical (unpaired) electrons. The molecular formula is C10H12N2O4. The number of carboxylic acids is 1. The molecule has 0 saturated carbocycles. The van der Waals surface area contributed by atoms with Crippen LogP contribution in [0.1, 0.15) is 18.5 Å². The molecule has 0 fully saturated rings. The Balaban J connectivity index is 2.66. The topological polar surface area (TPSA) is 92.5 Å². The van der Waals surface area contributed by atoms with Gasteiger partial charge in [-0.3, -0.25) is 14.9 Å². The Kier molecular flexibility index (Phi) is 3.96. The summed E-state index contributed by atoms with van der Waals surface area (Å²) in [6.07, 6.45) is 0. The van der Waals surface area contributed by atoms with E-state index in [0.29, 0.717) is 0 Å². The smallest absolute Gasteiger partial charge is 0.317 e. The number of benzene rings is 1. The Morgan fingerprint density at radius 1 is 1.50 bits per heavy atom.